The lowest BCUT2D eigenvalue weighted by molar-refractivity contribution is -0.167. The molecule has 0 N–H and O–H groups in total. The van der Waals surface area contributed by atoms with Gasteiger partial charge < -0.3 is 14.2 Å². The van der Waals surface area contributed by atoms with Crippen LogP contribution in [0.25, 0.3) is 0 Å². The Morgan fingerprint density at radius 2 is 0.559 bits per heavy atom. The second kappa shape index (κ2) is 48.8. The first-order valence-electron chi connectivity index (χ1n) is 26.2. The highest BCUT2D eigenvalue weighted by Crippen LogP contribution is 2.16. The van der Waals surface area contributed by atoms with Crippen LogP contribution in [-0.2, 0) is 28.6 Å². The summed E-state index contributed by atoms with van der Waals surface area (Å²) in [4.78, 5) is 37.9. The summed E-state index contributed by atoms with van der Waals surface area (Å²) in [6.45, 7) is 6.66. The molecule has 0 aromatic rings. The van der Waals surface area contributed by atoms with Gasteiger partial charge in [-0.05, 0) is 44.9 Å². The molecule has 348 valence electrons. The van der Waals surface area contributed by atoms with E-state index in [0.29, 0.717) is 19.3 Å². The Morgan fingerprint density at radius 1 is 0.322 bits per heavy atom. The average molecular weight is 833 g/mol. The number of hydrogen-bond donors (Lipinski definition) is 0. The number of carbonyl (C=O) groups excluding carboxylic acids is 3. The molecule has 0 radical (unpaired) electrons. The average Bonchev–Trinajstić information content (AvgIpc) is 3.23. The molecule has 59 heavy (non-hydrogen) atoms. The maximum atomic E-state index is 12.8. The highest BCUT2D eigenvalue weighted by atomic mass is 16.6. The van der Waals surface area contributed by atoms with Gasteiger partial charge in [0.2, 0.25) is 0 Å². The Labute approximate surface area is 367 Å². The van der Waals surface area contributed by atoms with Crippen molar-refractivity contribution in [1.82, 2.24) is 0 Å². The van der Waals surface area contributed by atoms with Gasteiger partial charge in [0.25, 0.3) is 0 Å². The lowest BCUT2D eigenvalue weighted by Crippen LogP contribution is -2.30. The molecule has 0 bridgehead atoms. The number of rotatable bonds is 48. The van der Waals surface area contributed by atoms with E-state index in [2.05, 4.69) is 32.9 Å². The molecule has 0 amide bonds. The van der Waals surface area contributed by atoms with Crippen molar-refractivity contribution in [2.45, 2.75) is 297 Å². The Balaban J connectivity index is 4.33. The summed E-state index contributed by atoms with van der Waals surface area (Å²) >= 11 is 0. The largest absolute Gasteiger partial charge is 0.462 e. The van der Waals surface area contributed by atoms with Gasteiger partial charge in [0.1, 0.15) is 13.2 Å². The second-order valence-corrected chi connectivity index (χ2v) is 17.8. The molecule has 0 aliphatic heterocycles. The van der Waals surface area contributed by atoms with Crippen LogP contribution in [0, 0.1) is 0 Å². The minimum Gasteiger partial charge on any atom is -0.462 e. The van der Waals surface area contributed by atoms with Gasteiger partial charge in [-0.15, -0.1) is 0 Å². The van der Waals surface area contributed by atoms with Crippen LogP contribution in [0.2, 0.25) is 0 Å². The van der Waals surface area contributed by atoms with Gasteiger partial charge in [-0.2, -0.15) is 0 Å². The third-order valence-corrected chi connectivity index (χ3v) is 11.8. The molecule has 0 aromatic carbocycles. The second-order valence-electron chi connectivity index (χ2n) is 17.8. The topological polar surface area (TPSA) is 78.9 Å². The Kier molecular flexibility index (Phi) is 47.3. The summed E-state index contributed by atoms with van der Waals surface area (Å²) < 4.78 is 16.8. The van der Waals surface area contributed by atoms with E-state index in [1.165, 1.54) is 186 Å². The maximum Gasteiger partial charge on any atom is 0.306 e. The van der Waals surface area contributed by atoms with Crippen LogP contribution in [0.1, 0.15) is 290 Å². The summed E-state index contributed by atoms with van der Waals surface area (Å²) in [7, 11) is 0. The zero-order valence-electron chi connectivity index (χ0n) is 39.8. The molecule has 0 saturated heterocycles. The van der Waals surface area contributed by atoms with E-state index in [1.807, 2.05) is 0 Å². The van der Waals surface area contributed by atoms with Crippen molar-refractivity contribution in [2.75, 3.05) is 13.2 Å². The Bertz CT molecular complexity index is 916. The first kappa shape index (κ1) is 57.1. The molecular weight excluding hydrogens is 733 g/mol. The van der Waals surface area contributed by atoms with Gasteiger partial charge in [0.05, 0.1) is 0 Å². The molecule has 0 rings (SSSR count). The van der Waals surface area contributed by atoms with E-state index >= 15 is 0 Å². The van der Waals surface area contributed by atoms with E-state index in [1.54, 1.807) is 0 Å². The minimum absolute atomic E-state index is 0.0672. The fourth-order valence-corrected chi connectivity index (χ4v) is 7.79. The van der Waals surface area contributed by atoms with E-state index in [0.717, 1.165) is 64.2 Å². The summed E-state index contributed by atoms with van der Waals surface area (Å²) in [6, 6.07) is 0. The molecule has 0 aliphatic carbocycles. The third-order valence-electron chi connectivity index (χ3n) is 11.8. The van der Waals surface area contributed by atoms with Crippen molar-refractivity contribution in [1.29, 1.82) is 0 Å². The van der Waals surface area contributed by atoms with Crippen molar-refractivity contribution in [3.05, 3.63) is 12.2 Å². The number of ether oxygens (including phenoxy) is 3. The summed E-state index contributed by atoms with van der Waals surface area (Å²) in [5.41, 5.74) is 0. The van der Waals surface area contributed by atoms with Crippen molar-refractivity contribution in [3.63, 3.8) is 0 Å². The molecule has 6 nitrogen and oxygen atoms in total. The molecule has 0 heterocycles. The number of esters is 3. The lowest BCUT2D eigenvalue weighted by atomic mass is 10.0. The van der Waals surface area contributed by atoms with Gasteiger partial charge >= 0.3 is 17.9 Å². The van der Waals surface area contributed by atoms with E-state index < -0.39 is 6.10 Å². The van der Waals surface area contributed by atoms with Crippen molar-refractivity contribution >= 4 is 17.9 Å². The number of carbonyl (C=O) groups is 3. The molecule has 0 unspecified atom stereocenters. The van der Waals surface area contributed by atoms with Gasteiger partial charge in [-0.1, -0.05) is 238 Å². The van der Waals surface area contributed by atoms with Crippen LogP contribution in [0.4, 0.5) is 0 Å². The van der Waals surface area contributed by atoms with Crippen molar-refractivity contribution in [2.24, 2.45) is 0 Å². The molecule has 1 atom stereocenters. The van der Waals surface area contributed by atoms with E-state index in [9.17, 15) is 14.4 Å². The monoisotopic (exact) mass is 833 g/mol. The van der Waals surface area contributed by atoms with Crippen molar-refractivity contribution < 1.29 is 28.6 Å². The van der Waals surface area contributed by atoms with Crippen molar-refractivity contribution in [3.8, 4) is 0 Å². The predicted molar refractivity (Wildman–Crippen MR) is 252 cm³/mol. The number of allylic oxidation sites excluding steroid dienone is 2. The quantitative estimate of drug-likeness (QED) is 0.0263. The van der Waals surface area contributed by atoms with Gasteiger partial charge in [-0.25, -0.2) is 0 Å². The fourth-order valence-electron chi connectivity index (χ4n) is 7.79. The zero-order valence-corrected chi connectivity index (χ0v) is 39.8. The smallest absolute Gasteiger partial charge is 0.306 e. The zero-order chi connectivity index (χ0) is 43.0. The third kappa shape index (κ3) is 47.1. The molecular formula is C53H100O6. The summed E-state index contributed by atoms with van der Waals surface area (Å²) in [6.07, 6.45) is 53.3. The van der Waals surface area contributed by atoms with Gasteiger partial charge in [-0.3, -0.25) is 14.4 Å². The summed E-state index contributed by atoms with van der Waals surface area (Å²) in [5.74, 6) is -0.859. The molecule has 0 aliphatic rings. The first-order chi connectivity index (χ1) is 29.0. The highest BCUT2D eigenvalue weighted by Gasteiger charge is 2.19. The molecule has 0 aromatic heterocycles. The Morgan fingerprint density at radius 3 is 0.847 bits per heavy atom. The SMILES string of the molecule is CCCCCCCC/C=C\CCCCCCCC(=O)OC[C@@H](COC(=O)CCCCCCCCCCCCCCC)OC(=O)CCCCCCCCCCCCCCC. The van der Waals surface area contributed by atoms with Crippen LogP contribution in [0.5, 0.6) is 0 Å². The summed E-state index contributed by atoms with van der Waals surface area (Å²) in [5, 5.41) is 0. The highest BCUT2D eigenvalue weighted by molar-refractivity contribution is 5.71. The van der Waals surface area contributed by atoms with Crippen LogP contribution in [-0.4, -0.2) is 37.2 Å². The van der Waals surface area contributed by atoms with E-state index in [-0.39, 0.29) is 31.1 Å². The van der Waals surface area contributed by atoms with Crippen LogP contribution in [0.3, 0.4) is 0 Å². The molecule has 6 heteroatoms. The lowest BCUT2D eigenvalue weighted by Gasteiger charge is -2.18. The van der Waals surface area contributed by atoms with Crippen LogP contribution in [0.15, 0.2) is 12.2 Å². The normalized spacial score (nSPS) is 12.0. The van der Waals surface area contributed by atoms with Gasteiger partial charge in [0.15, 0.2) is 6.10 Å². The molecule has 0 spiro atoms. The van der Waals surface area contributed by atoms with Gasteiger partial charge in [0, 0.05) is 19.3 Å². The standard InChI is InChI=1S/C53H100O6/c1-4-7-10-13-16-19-22-25-26-29-31-34-37-40-43-46-52(55)58-49-50(59-53(56)47-44-41-38-35-32-28-24-21-18-15-12-9-6-3)48-57-51(54)45-42-39-36-33-30-27-23-20-17-14-11-8-5-2/h25-26,50H,4-24,27-49H2,1-3H3/b26-25-/t50-/m1/s1. The Hall–Kier alpha value is -1.85. The predicted octanol–water partition coefficient (Wildman–Crippen LogP) is 17.0. The fraction of sp³-hybridized carbons (Fsp3) is 0.906. The van der Waals surface area contributed by atoms with Crippen LogP contribution < -0.4 is 0 Å². The number of hydrogen-bond acceptors (Lipinski definition) is 6. The number of unbranched alkanes of at least 4 members (excludes halogenated alkanes) is 35. The minimum atomic E-state index is -0.766. The first-order valence-corrected chi connectivity index (χ1v) is 26.2. The van der Waals surface area contributed by atoms with Crippen LogP contribution >= 0.6 is 0 Å². The molecule has 0 saturated carbocycles. The van der Waals surface area contributed by atoms with E-state index in [4.69, 9.17) is 14.2 Å². The maximum absolute atomic E-state index is 12.8. The molecule has 0 fully saturated rings.